The minimum atomic E-state index is -0.731. The topological polar surface area (TPSA) is 105 Å². The molecule has 4 amide bonds. The zero-order valence-electron chi connectivity index (χ0n) is 16.6. The molecule has 1 saturated carbocycles. The van der Waals surface area contributed by atoms with E-state index in [2.05, 4.69) is 10.6 Å². The van der Waals surface area contributed by atoms with Crippen molar-refractivity contribution in [2.45, 2.75) is 57.0 Å². The zero-order chi connectivity index (χ0) is 20.9. The van der Waals surface area contributed by atoms with E-state index in [0.29, 0.717) is 19.3 Å². The summed E-state index contributed by atoms with van der Waals surface area (Å²) in [5.74, 6) is -1.11. The smallest absolute Gasteiger partial charge is 0.325 e. The van der Waals surface area contributed by atoms with Crippen LogP contribution in [0.1, 0.15) is 57.1 Å². The summed E-state index contributed by atoms with van der Waals surface area (Å²) in [4.78, 5) is 49.6. The maximum absolute atomic E-state index is 12.5. The molecule has 0 bridgehead atoms. The van der Waals surface area contributed by atoms with E-state index in [1.807, 2.05) is 37.3 Å². The van der Waals surface area contributed by atoms with Gasteiger partial charge in [0.15, 0.2) is 6.61 Å². The van der Waals surface area contributed by atoms with Gasteiger partial charge in [-0.3, -0.25) is 19.3 Å². The molecular formula is C21H27N3O5. The van der Waals surface area contributed by atoms with Crippen molar-refractivity contribution in [1.29, 1.82) is 0 Å². The summed E-state index contributed by atoms with van der Waals surface area (Å²) in [6.45, 7) is 1.66. The van der Waals surface area contributed by atoms with Gasteiger partial charge in [-0.1, -0.05) is 43.2 Å². The minimum absolute atomic E-state index is 0.0333. The fourth-order valence-corrected chi connectivity index (χ4v) is 3.90. The molecule has 1 spiro atoms. The number of benzene rings is 1. The molecule has 2 fully saturated rings. The summed E-state index contributed by atoms with van der Waals surface area (Å²) in [6, 6.07) is 8.90. The summed E-state index contributed by atoms with van der Waals surface area (Å²) >= 11 is 0. The first kappa shape index (κ1) is 20.8. The molecule has 2 aliphatic rings. The van der Waals surface area contributed by atoms with Crippen molar-refractivity contribution in [2.24, 2.45) is 0 Å². The number of amides is 4. The molecule has 1 aromatic carbocycles. The Bertz CT molecular complexity index is 774. The minimum Gasteiger partial charge on any atom is -0.456 e. The van der Waals surface area contributed by atoms with Crippen molar-refractivity contribution in [2.75, 3.05) is 13.2 Å². The van der Waals surface area contributed by atoms with Crippen LogP contribution < -0.4 is 10.6 Å². The third-order valence-electron chi connectivity index (χ3n) is 5.51. The van der Waals surface area contributed by atoms with Crippen LogP contribution in [0, 0.1) is 0 Å². The van der Waals surface area contributed by atoms with Crippen molar-refractivity contribution < 1.29 is 23.9 Å². The van der Waals surface area contributed by atoms with Gasteiger partial charge in [0.2, 0.25) is 0 Å². The lowest BCUT2D eigenvalue weighted by molar-refractivity contribution is -0.149. The number of ether oxygens (including phenoxy) is 1. The number of rotatable bonds is 8. The van der Waals surface area contributed by atoms with Gasteiger partial charge < -0.3 is 15.4 Å². The molecule has 1 aliphatic carbocycles. The number of carbonyl (C=O) groups excluding carboxylic acids is 4. The Balaban J connectivity index is 1.35. The molecule has 8 heteroatoms. The van der Waals surface area contributed by atoms with E-state index >= 15 is 0 Å². The molecule has 0 unspecified atom stereocenters. The maximum atomic E-state index is 12.5. The van der Waals surface area contributed by atoms with Gasteiger partial charge in [0.25, 0.3) is 11.8 Å². The van der Waals surface area contributed by atoms with E-state index in [1.165, 1.54) is 4.90 Å². The summed E-state index contributed by atoms with van der Waals surface area (Å²) in [6.07, 6.45) is 3.54. The monoisotopic (exact) mass is 401 g/mol. The molecule has 1 saturated heterocycles. The molecule has 8 nitrogen and oxygen atoms in total. The van der Waals surface area contributed by atoms with Crippen LogP contribution in [0.15, 0.2) is 30.3 Å². The van der Waals surface area contributed by atoms with Crippen LogP contribution in [-0.2, 0) is 19.1 Å². The average molecular weight is 401 g/mol. The second kappa shape index (κ2) is 9.07. The standard InChI is InChI=1S/C21H27N3O5/c1-15(16-8-3-2-4-9-16)22-17(25)14-29-18(26)10-7-13-24-19(27)21(23-20(24)28)11-5-6-12-21/h2-4,8-9,15H,5-7,10-14H2,1H3,(H,22,25)(H,23,28)/t15-/m0/s1. The molecule has 29 heavy (non-hydrogen) atoms. The van der Waals surface area contributed by atoms with E-state index in [1.54, 1.807) is 0 Å². The lowest BCUT2D eigenvalue weighted by atomic mass is 9.98. The van der Waals surface area contributed by atoms with Crippen molar-refractivity contribution >= 4 is 23.8 Å². The average Bonchev–Trinajstić information content (AvgIpc) is 3.27. The molecule has 1 aromatic rings. The second-order valence-electron chi connectivity index (χ2n) is 7.64. The van der Waals surface area contributed by atoms with Gasteiger partial charge in [0.1, 0.15) is 5.54 Å². The van der Waals surface area contributed by atoms with E-state index < -0.39 is 11.5 Å². The van der Waals surface area contributed by atoms with Crippen molar-refractivity contribution in [3.63, 3.8) is 0 Å². The van der Waals surface area contributed by atoms with Gasteiger partial charge in [0, 0.05) is 13.0 Å². The molecule has 0 radical (unpaired) electrons. The van der Waals surface area contributed by atoms with Crippen LogP contribution >= 0.6 is 0 Å². The Kier molecular flexibility index (Phi) is 6.51. The van der Waals surface area contributed by atoms with Crippen LogP contribution in [0.25, 0.3) is 0 Å². The highest BCUT2D eigenvalue weighted by molar-refractivity contribution is 6.07. The van der Waals surface area contributed by atoms with E-state index in [-0.39, 0.29) is 43.5 Å². The molecule has 0 aromatic heterocycles. The predicted molar refractivity (Wildman–Crippen MR) is 105 cm³/mol. The summed E-state index contributed by atoms with van der Waals surface area (Å²) in [5.41, 5.74) is 0.228. The van der Waals surface area contributed by atoms with Crippen LogP contribution in [0.2, 0.25) is 0 Å². The normalized spacial score (nSPS) is 18.6. The number of nitrogens with one attached hydrogen (secondary N) is 2. The van der Waals surface area contributed by atoms with E-state index in [9.17, 15) is 19.2 Å². The van der Waals surface area contributed by atoms with Gasteiger partial charge in [-0.2, -0.15) is 0 Å². The predicted octanol–water partition coefficient (Wildman–Crippen LogP) is 2.05. The first-order valence-electron chi connectivity index (χ1n) is 10.1. The molecule has 1 heterocycles. The molecular weight excluding hydrogens is 374 g/mol. The fraction of sp³-hybridized carbons (Fsp3) is 0.524. The third kappa shape index (κ3) is 4.93. The lowest BCUT2D eigenvalue weighted by Gasteiger charge is -2.19. The molecule has 2 N–H and O–H groups in total. The molecule has 1 aliphatic heterocycles. The Labute approximate surface area is 170 Å². The van der Waals surface area contributed by atoms with Crippen LogP contribution in [0.3, 0.4) is 0 Å². The van der Waals surface area contributed by atoms with Gasteiger partial charge in [-0.25, -0.2) is 4.79 Å². The Hall–Kier alpha value is -2.90. The quantitative estimate of drug-likeness (QED) is 0.512. The largest absolute Gasteiger partial charge is 0.456 e. The fourth-order valence-electron chi connectivity index (χ4n) is 3.90. The molecule has 3 rings (SSSR count). The summed E-state index contributed by atoms with van der Waals surface area (Å²) in [7, 11) is 0. The van der Waals surface area contributed by atoms with Crippen LogP contribution in [-0.4, -0.2) is 47.4 Å². The number of nitrogens with zero attached hydrogens (tertiary/aromatic N) is 1. The second-order valence-corrected chi connectivity index (χ2v) is 7.64. The van der Waals surface area contributed by atoms with Crippen molar-refractivity contribution in [3.8, 4) is 0 Å². The number of imide groups is 1. The first-order chi connectivity index (χ1) is 13.9. The van der Waals surface area contributed by atoms with Crippen molar-refractivity contribution in [3.05, 3.63) is 35.9 Å². The Morgan fingerprint density at radius 2 is 1.90 bits per heavy atom. The maximum Gasteiger partial charge on any atom is 0.325 e. The van der Waals surface area contributed by atoms with E-state index in [0.717, 1.165) is 18.4 Å². The van der Waals surface area contributed by atoms with Gasteiger partial charge in [-0.15, -0.1) is 0 Å². The lowest BCUT2D eigenvalue weighted by Crippen LogP contribution is -2.44. The summed E-state index contributed by atoms with van der Waals surface area (Å²) < 4.78 is 5.00. The number of esters is 1. The third-order valence-corrected chi connectivity index (χ3v) is 5.51. The zero-order valence-corrected chi connectivity index (χ0v) is 16.6. The Morgan fingerprint density at radius 1 is 1.21 bits per heavy atom. The van der Waals surface area contributed by atoms with Gasteiger partial charge >= 0.3 is 12.0 Å². The molecule has 1 atom stereocenters. The van der Waals surface area contributed by atoms with E-state index in [4.69, 9.17) is 4.74 Å². The highest BCUT2D eigenvalue weighted by Gasteiger charge is 2.52. The van der Waals surface area contributed by atoms with Crippen molar-refractivity contribution in [1.82, 2.24) is 15.5 Å². The molecule has 156 valence electrons. The first-order valence-corrected chi connectivity index (χ1v) is 10.1. The van der Waals surface area contributed by atoms with Gasteiger partial charge in [-0.05, 0) is 31.7 Å². The van der Waals surface area contributed by atoms with Gasteiger partial charge in [0.05, 0.1) is 6.04 Å². The number of hydrogen-bond donors (Lipinski definition) is 2. The van der Waals surface area contributed by atoms with Crippen LogP contribution in [0.5, 0.6) is 0 Å². The van der Waals surface area contributed by atoms with Crippen LogP contribution in [0.4, 0.5) is 4.79 Å². The number of hydrogen-bond acceptors (Lipinski definition) is 5. The number of carbonyl (C=O) groups is 4. The number of urea groups is 1. The highest BCUT2D eigenvalue weighted by Crippen LogP contribution is 2.35. The SMILES string of the molecule is C[C@H](NC(=O)COC(=O)CCCN1C(=O)NC2(CCCC2)C1=O)c1ccccc1. The Morgan fingerprint density at radius 3 is 2.59 bits per heavy atom. The highest BCUT2D eigenvalue weighted by atomic mass is 16.5. The summed E-state index contributed by atoms with van der Waals surface area (Å²) in [5, 5.41) is 5.58.